The van der Waals surface area contributed by atoms with Crippen molar-refractivity contribution in [3.8, 4) is 5.88 Å². The molecule has 0 atom stereocenters. The Morgan fingerprint density at radius 1 is 1.25 bits per heavy atom. The van der Waals surface area contributed by atoms with Crippen molar-refractivity contribution in [2.24, 2.45) is 0 Å². The summed E-state index contributed by atoms with van der Waals surface area (Å²) in [5.74, 6) is 1.23. The number of nitrogens with two attached hydrogens (primary N) is 1. The normalized spacial score (nSPS) is 13.9. The number of nitrogens with zero attached hydrogens (tertiary/aromatic N) is 3. The Hall–Kier alpha value is -2.30. The predicted octanol–water partition coefficient (Wildman–Crippen LogP) is 2.02. The van der Waals surface area contributed by atoms with Crippen LogP contribution >= 0.6 is 0 Å². The lowest BCUT2D eigenvalue weighted by Gasteiger charge is -2.30. The predicted molar refractivity (Wildman–Crippen MR) is 78.8 cm³/mol. The van der Waals surface area contributed by atoms with Crippen LogP contribution < -0.4 is 15.4 Å². The quantitative estimate of drug-likeness (QED) is 0.924. The fourth-order valence-electron chi connectivity index (χ4n) is 2.55. The molecule has 1 aromatic carbocycles. The molecule has 5 heteroatoms. The van der Waals surface area contributed by atoms with Crippen molar-refractivity contribution < 1.29 is 4.74 Å². The Bertz CT molecular complexity index is 615. The van der Waals surface area contributed by atoms with Crippen molar-refractivity contribution in [2.75, 3.05) is 23.8 Å². The summed E-state index contributed by atoms with van der Waals surface area (Å²) >= 11 is 0. The molecule has 0 bridgehead atoms. The Morgan fingerprint density at radius 3 is 2.85 bits per heavy atom. The van der Waals surface area contributed by atoms with Gasteiger partial charge in [-0.05, 0) is 24.5 Å². The molecule has 20 heavy (non-hydrogen) atoms. The summed E-state index contributed by atoms with van der Waals surface area (Å²) < 4.78 is 5.43. The zero-order valence-electron chi connectivity index (χ0n) is 11.5. The van der Waals surface area contributed by atoms with Crippen molar-refractivity contribution in [1.82, 2.24) is 9.97 Å². The number of hydrogen-bond donors (Lipinski definition) is 1. The number of aromatic nitrogens is 2. The second kappa shape index (κ2) is 5.36. The van der Waals surface area contributed by atoms with Crippen molar-refractivity contribution in [1.29, 1.82) is 0 Å². The molecule has 0 amide bonds. The summed E-state index contributed by atoms with van der Waals surface area (Å²) in [4.78, 5) is 10.6. The molecule has 1 aliphatic heterocycles. The highest BCUT2D eigenvalue weighted by atomic mass is 16.5. The highest BCUT2D eigenvalue weighted by Gasteiger charge is 2.20. The zero-order valence-corrected chi connectivity index (χ0v) is 11.5. The van der Waals surface area contributed by atoms with Crippen LogP contribution in [0.15, 0.2) is 30.6 Å². The average molecular weight is 270 g/mol. The standard InChI is InChI=1S/C15H18N4O/c1-2-20-15-13(16)14(17-10-18-15)19-8-7-11-5-3-4-6-12(11)9-19/h3-6,10H,2,7-9,16H2,1H3. The van der Waals surface area contributed by atoms with E-state index in [0.29, 0.717) is 18.2 Å². The lowest BCUT2D eigenvalue weighted by molar-refractivity contribution is 0.328. The van der Waals surface area contributed by atoms with E-state index in [9.17, 15) is 0 Å². The maximum absolute atomic E-state index is 6.13. The van der Waals surface area contributed by atoms with Crippen LogP contribution in [0, 0.1) is 0 Å². The van der Waals surface area contributed by atoms with Crippen molar-refractivity contribution in [2.45, 2.75) is 19.9 Å². The van der Waals surface area contributed by atoms with E-state index in [1.165, 1.54) is 17.5 Å². The molecule has 2 heterocycles. The largest absolute Gasteiger partial charge is 0.476 e. The van der Waals surface area contributed by atoms with Gasteiger partial charge < -0.3 is 15.4 Å². The van der Waals surface area contributed by atoms with Gasteiger partial charge in [0, 0.05) is 13.1 Å². The van der Waals surface area contributed by atoms with E-state index in [1.807, 2.05) is 6.92 Å². The minimum atomic E-state index is 0.469. The number of hydrogen-bond acceptors (Lipinski definition) is 5. The number of benzene rings is 1. The molecule has 2 N–H and O–H groups in total. The van der Waals surface area contributed by atoms with Gasteiger partial charge in [-0.2, -0.15) is 4.98 Å². The first-order chi connectivity index (χ1) is 9.79. The van der Waals surface area contributed by atoms with Gasteiger partial charge in [-0.1, -0.05) is 24.3 Å². The molecule has 1 aromatic heterocycles. The van der Waals surface area contributed by atoms with E-state index in [4.69, 9.17) is 10.5 Å². The summed E-state index contributed by atoms with van der Waals surface area (Å²) in [6.45, 7) is 4.19. The molecule has 0 unspecified atom stereocenters. The van der Waals surface area contributed by atoms with Crippen LogP contribution in [-0.2, 0) is 13.0 Å². The summed E-state index contributed by atoms with van der Waals surface area (Å²) in [5.41, 5.74) is 9.38. The number of nitrogen functional groups attached to an aromatic ring is 1. The van der Waals surface area contributed by atoms with Crippen LogP contribution in [0.5, 0.6) is 5.88 Å². The van der Waals surface area contributed by atoms with E-state index in [2.05, 4.69) is 39.1 Å². The molecule has 0 saturated carbocycles. The van der Waals surface area contributed by atoms with E-state index >= 15 is 0 Å². The maximum atomic E-state index is 6.13. The lowest BCUT2D eigenvalue weighted by Crippen LogP contribution is -2.31. The Morgan fingerprint density at radius 2 is 2.05 bits per heavy atom. The molecule has 3 rings (SSSR count). The molecule has 0 saturated heterocycles. The second-order valence-electron chi connectivity index (χ2n) is 4.79. The molecular formula is C15H18N4O. The molecule has 5 nitrogen and oxygen atoms in total. The topological polar surface area (TPSA) is 64.3 Å². The van der Waals surface area contributed by atoms with Gasteiger partial charge in [-0.25, -0.2) is 4.98 Å². The summed E-state index contributed by atoms with van der Waals surface area (Å²) in [6, 6.07) is 8.49. The van der Waals surface area contributed by atoms with Crippen LogP contribution in [0.3, 0.4) is 0 Å². The minimum Gasteiger partial charge on any atom is -0.476 e. The van der Waals surface area contributed by atoms with Gasteiger partial charge in [0.1, 0.15) is 12.0 Å². The molecule has 0 radical (unpaired) electrons. The first-order valence-corrected chi connectivity index (χ1v) is 6.84. The van der Waals surface area contributed by atoms with Gasteiger partial charge in [0.2, 0.25) is 5.88 Å². The van der Waals surface area contributed by atoms with Crippen LogP contribution in [0.2, 0.25) is 0 Å². The minimum absolute atomic E-state index is 0.469. The summed E-state index contributed by atoms with van der Waals surface area (Å²) in [6.07, 6.45) is 2.51. The third kappa shape index (κ3) is 2.27. The summed E-state index contributed by atoms with van der Waals surface area (Å²) in [5, 5.41) is 0. The van der Waals surface area contributed by atoms with Gasteiger partial charge in [0.05, 0.1) is 6.61 Å². The second-order valence-corrected chi connectivity index (χ2v) is 4.79. The number of rotatable bonds is 3. The molecule has 104 valence electrons. The average Bonchev–Trinajstić information content (AvgIpc) is 2.49. The van der Waals surface area contributed by atoms with E-state index in [0.717, 1.165) is 25.3 Å². The smallest absolute Gasteiger partial charge is 0.242 e. The highest BCUT2D eigenvalue weighted by molar-refractivity contribution is 5.68. The van der Waals surface area contributed by atoms with Crippen molar-refractivity contribution in [3.63, 3.8) is 0 Å². The first kappa shape index (κ1) is 12.7. The van der Waals surface area contributed by atoms with Gasteiger partial charge in [-0.15, -0.1) is 0 Å². The third-order valence-corrected chi connectivity index (χ3v) is 3.54. The van der Waals surface area contributed by atoms with Crippen LogP contribution in [0.25, 0.3) is 0 Å². The number of anilines is 2. The molecule has 1 aliphatic rings. The van der Waals surface area contributed by atoms with Crippen LogP contribution in [0.4, 0.5) is 11.5 Å². The first-order valence-electron chi connectivity index (χ1n) is 6.84. The maximum Gasteiger partial charge on any atom is 0.242 e. The van der Waals surface area contributed by atoms with Crippen LogP contribution in [0.1, 0.15) is 18.1 Å². The lowest BCUT2D eigenvalue weighted by atomic mass is 10.00. The molecule has 0 aliphatic carbocycles. The van der Waals surface area contributed by atoms with Crippen LogP contribution in [-0.4, -0.2) is 23.1 Å². The number of fused-ring (bicyclic) bond motifs is 1. The molecular weight excluding hydrogens is 252 g/mol. The molecule has 0 spiro atoms. The highest BCUT2D eigenvalue weighted by Crippen LogP contribution is 2.31. The zero-order chi connectivity index (χ0) is 13.9. The monoisotopic (exact) mass is 270 g/mol. The summed E-state index contributed by atoms with van der Waals surface area (Å²) in [7, 11) is 0. The van der Waals surface area contributed by atoms with Gasteiger partial charge in [0.25, 0.3) is 0 Å². The van der Waals surface area contributed by atoms with E-state index in [1.54, 1.807) is 0 Å². The van der Waals surface area contributed by atoms with Gasteiger partial charge in [0.15, 0.2) is 5.82 Å². The fourth-order valence-corrected chi connectivity index (χ4v) is 2.55. The van der Waals surface area contributed by atoms with Crippen molar-refractivity contribution in [3.05, 3.63) is 41.7 Å². The molecule has 0 fully saturated rings. The van der Waals surface area contributed by atoms with Gasteiger partial charge in [-0.3, -0.25) is 0 Å². The fraction of sp³-hybridized carbons (Fsp3) is 0.333. The Balaban J connectivity index is 1.90. The number of ether oxygens (including phenoxy) is 1. The van der Waals surface area contributed by atoms with Crippen molar-refractivity contribution >= 4 is 11.5 Å². The van der Waals surface area contributed by atoms with E-state index in [-0.39, 0.29) is 0 Å². The van der Waals surface area contributed by atoms with E-state index < -0.39 is 0 Å². The SMILES string of the molecule is CCOc1ncnc(N2CCc3ccccc3C2)c1N. The third-order valence-electron chi connectivity index (χ3n) is 3.54. The molecule has 2 aromatic rings. The van der Waals surface area contributed by atoms with Gasteiger partial charge >= 0.3 is 0 Å². The Labute approximate surface area is 118 Å². The Kier molecular flexibility index (Phi) is 3.41.